The summed E-state index contributed by atoms with van der Waals surface area (Å²) in [4.78, 5) is 35.2. The number of likely N-dealkylation sites (N-methyl/N-ethyl adjacent to an activating group) is 1. The number of nitrogens with zero attached hydrogens (tertiary/aromatic N) is 1. The maximum atomic E-state index is 11.9. The largest absolute Gasteiger partial charge is 0.427 e. The number of halogens is 1. The Balaban J connectivity index is 2.45. The molecule has 21 heavy (non-hydrogen) atoms. The van der Waals surface area contributed by atoms with Gasteiger partial charge in [-0.15, -0.1) is 0 Å². The molecule has 0 spiro atoms. The molecule has 2 rings (SSSR count). The predicted molar refractivity (Wildman–Crippen MR) is 84.1 cm³/mol. The first-order valence-corrected chi connectivity index (χ1v) is 7.42. The molecule has 0 aliphatic carbocycles. The Morgan fingerprint density at radius 2 is 2.10 bits per heavy atom. The summed E-state index contributed by atoms with van der Waals surface area (Å²) in [6, 6.07) is 3.33. The minimum absolute atomic E-state index is 0.317. The number of carbonyl (C=O) groups excluding carboxylic acids is 3. The van der Waals surface area contributed by atoms with E-state index >= 15 is 0 Å². The number of rotatable bonds is 4. The molecule has 1 aromatic carbocycles. The first-order valence-electron chi connectivity index (χ1n) is 5.81. The number of nitrogens with one attached hydrogen (secondary N) is 1. The van der Waals surface area contributed by atoms with E-state index < -0.39 is 0 Å². The van der Waals surface area contributed by atoms with Gasteiger partial charge in [-0.3, -0.25) is 19.3 Å². The summed E-state index contributed by atoms with van der Waals surface area (Å²) < 4.78 is 5.60. The lowest BCUT2D eigenvalue weighted by atomic mass is 10.1. The molecule has 1 aliphatic rings. The van der Waals surface area contributed by atoms with Crippen molar-refractivity contribution in [3.63, 3.8) is 0 Å². The van der Waals surface area contributed by atoms with Gasteiger partial charge in [0.05, 0.1) is 10.6 Å². The molecule has 1 N–H and O–H groups in total. The number of benzene rings is 1. The van der Waals surface area contributed by atoms with E-state index in [2.05, 4.69) is 21.2 Å². The Hall–Kier alpha value is -1.80. The molecular formula is C13H11BrN2O4S. The second-order valence-corrected chi connectivity index (χ2v) is 5.92. The SMILES string of the molecule is CNc1cc(Br)c(/C=C2\SC(=O)N(C)C2=O)cc1OC=O. The van der Waals surface area contributed by atoms with Gasteiger partial charge in [-0.1, -0.05) is 15.9 Å². The fourth-order valence-corrected chi connectivity index (χ4v) is 2.99. The fraction of sp³-hybridized carbons (Fsp3) is 0.154. The van der Waals surface area contributed by atoms with Crippen LogP contribution in [0, 0.1) is 0 Å². The van der Waals surface area contributed by atoms with Crippen LogP contribution in [-0.2, 0) is 9.59 Å². The smallest absolute Gasteiger partial charge is 0.298 e. The summed E-state index contributed by atoms with van der Waals surface area (Å²) in [6.45, 7) is 0.327. The average molecular weight is 371 g/mol. The number of hydrogen-bond donors (Lipinski definition) is 1. The molecule has 0 unspecified atom stereocenters. The van der Waals surface area contributed by atoms with Crippen LogP contribution in [0.15, 0.2) is 21.5 Å². The number of anilines is 1. The van der Waals surface area contributed by atoms with E-state index in [1.807, 2.05) is 0 Å². The molecule has 1 saturated heterocycles. The van der Waals surface area contributed by atoms with Gasteiger partial charge in [0.25, 0.3) is 17.6 Å². The van der Waals surface area contributed by atoms with Gasteiger partial charge in [-0.25, -0.2) is 0 Å². The number of carbonyl (C=O) groups is 3. The molecular weight excluding hydrogens is 360 g/mol. The third-order valence-electron chi connectivity index (χ3n) is 2.82. The molecule has 1 aliphatic heterocycles. The molecule has 0 atom stereocenters. The first kappa shape index (κ1) is 15.6. The number of hydrogen-bond acceptors (Lipinski definition) is 6. The highest BCUT2D eigenvalue weighted by molar-refractivity contribution is 9.10. The van der Waals surface area contributed by atoms with Crippen LogP contribution in [0.5, 0.6) is 5.75 Å². The van der Waals surface area contributed by atoms with Gasteiger partial charge >= 0.3 is 0 Å². The lowest BCUT2D eigenvalue weighted by molar-refractivity contribution is -0.122. The van der Waals surface area contributed by atoms with Crippen molar-refractivity contribution in [3.8, 4) is 5.75 Å². The zero-order valence-corrected chi connectivity index (χ0v) is 13.6. The summed E-state index contributed by atoms with van der Waals surface area (Å²) in [5, 5.41) is 2.58. The third kappa shape index (κ3) is 3.11. The zero-order valence-electron chi connectivity index (χ0n) is 11.2. The second-order valence-electron chi connectivity index (χ2n) is 4.07. The molecule has 0 aromatic heterocycles. The Morgan fingerprint density at radius 1 is 1.38 bits per heavy atom. The minimum Gasteiger partial charge on any atom is -0.427 e. The lowest BCUT2D eigenvalue weighted by Gasteiger charge is -2.10. The summed E-state index contributed by atoms with van der Waals surface area (Å²) in [6.07, 6.45) is 1.58. The van der Waals surface area contributed by atoms with E-state index in [0.717, 1.165) is 16.7 Å². The van der Waals surface area contributed by atoms with Crippen molar-refractivity contribution in [2.24, 2.45) is 0 Å². The maximum Gasteiger partial charge on any atom is 0.298 e. The highest BCUT2D eigenvalue weighted by Crippen LogP contribution is 2.36. The van der Waals surface area contributed by atoms with Crippen molar-refractivity contribution < 1.29 is 19.1 Å². The van der Waals surface area contributed by atoms with Crippen LogP contribution in [0.25, 0.3) is 6.08 Å². The van der Waals surface area contributed by atoms with E-state index in [-0.39, 0.29) is 11.1 Å². The average Bonchev–Trinajstić information content (AvgIpc) is 2.70. The van der Waals surface area contributed by atoms with Crippen LogP contribution in [0.1, 0.15) is 5.56 Å². The molecule has 1 aromatic rings. The monoisotopic (exact) mass is 370 g/mol. The molecule has 2 amide bonds. The predicted octanol–water partition coefficient (Wildman–Crippen LogP) is 2.69. The Bertz CT molecular complexity index is 660. The van der Waals surface area contributed by atoms with Crippen molar-refractivity contribution >= 4 is 57.1 Å². The van der Waals surface area contributed by atoms with Crippen molar-refractivity contribution in [2.75, 3.05) is 19.4 Å². The molecule has 110 valence electrons. The first-order chi connectivity index (χ1) is 9.97. The third-order valence-corrected chi connectivity index (χ3v) is 4.46. The quantitative estimate of drug-likeness (QED) is 0.648. The normalized spacial score (nSPS) is 16.5. The highest BCUT2D eigenvalue weighted by Gasteiger charge is 2.32. The lowest BCUT2D eigenvalue weighted by Crippen LogP contribution is -2.22. The Kier molecular flexibility index (Phi) is 4.69. The van der Waals surface area contributed by atoms with Gasteiger partial charge in [-0.2, -0.15) is 0 Å². The molecule has 8 heteroatoms. The molecule has 0 saturated carbocycles. The minimum atomic E-state index is -0.354. The van der Waals surface area contributed by atoms with Crippen LogP contribution in [0.4, 0.5) is 10.5 Å². The van der Waals surface area contributed by atoms with E-state index in [9.17, 15) is 14.4 Å². The van der Waals surface area contributed by atoms with Crippen molar-refractivity contribution in [2.45, 2.75) is 0 Å². The van der Waals surface area contributed by atoms with Gasteiger partial charge in [0.1, 0.15) is 0 Å². The zero-order chi connectivity index (χ0) is 15.6. The number of thioether (sulfide) groups is 1. The van der Waals surface area contributed by atoms with Gasteiger partial charge in [-0.05, 0) is 35.5 Å². The fourth-order valence-electron chi connectivity index (χ4n) is 1.71. The second kappa shape index (κ2) is 6.31. The summed E-state index contributed by atoms with van der Waals surface area (Å²) in [5.41, 5.74) is 1.25. The highest BCUT2D eigenvalue weighted by atomic mass is 79.9. The van der Waals surface area contributed by atoms with E-state index in [1.165, 1.54) is 7.05 Å². The maximum absolute atomic E-state index is 11.9. The molecule has 1 heterocycles. The summed E-state index contributed by atoms with van der Waals surface area (Å²) in [5.74, 6) is -0.0230. The van der Waals surface area contributed by atoms with E-state index in [1.54, 1.807) is 25.3 Å². The molecule has 0 bridgehead atoms. The topological polar surface area (TPSA) is 75.7 Å². The standard InChI is InChI=1S/C13H11BrN2O4S/c1-15-9-5-8(14)7(3-10(9)20-6-17)4-11-12(18)16(2)13(19)21-11/h3-6,15H,1-2H3/b11-4-. The van der Waals surface area contributed by atoms with Crippen LogP contribution in [0.2, 0.25) is 0 Å². The van der Waals surface area contributed by atoms with E-state index in [4.69, 9.17) is 4.74 Å². The van der Waals surface area contributed by atoms with Crippen LogP contribution >= 0.6 is 27.7 Å². The van der Waals surface area contributed by atoms with Crippen molar-refractivity contribution in [1.82, 2.24) is 4.90 Å². The van der Waals surface area contributed by atoms with Crippen LogP contribution < -0.4 is 10.1 Å². The Morgan fingerprint density at radius 3 is 2.62 bits per heavy atom. The molecule has 6 nitrogen and oxygen atoms in total. The van der Waals surface area contributed by atoms with Crippen molar-refractivity contribution in [3.05, 3.63) is 27.1 Å². The number of imide groups is 1. The van der Waals surface area contributed by atoms with E-state index in [0.29, 0.717) is 32.9 Å². The Labute approximate surface area is 133 Å². The van der Waals surface area contributed by atoms with Gasteiger partial charge in [0.15, 0.2) is 5.75 Å². The van der Waals surface area contributed by atoms with Gasteiger partial charge in [0, 0.05) is 18.6 Å². The molecule has 1 fully saturated rings. The summed E-state index contributed by atoms with van der Waals surface area (Å²) in [7, 11) is 3.13. The van der Waals surface area contributed by atoms with Crippen LogP contribution in [0.3, 0.4) is 0 Å². The van der Waals surface area contributed by atoms with Crippen molar-refractivity contribution in [1.29, 1.82) is 0 Å². The summed E-state index contributed by atoms with van der Waals surface area (Å²) >= 11 is 4.25. The number of amides is 2. The number of ether oxygens (including phenoxy) is 1. The van der Waals surface area contributed by atoms with Crippen LogP contribution in [-0.4, -0.2) is 36.6 Å². The van der Waals surface area contributed by atoms with Gasteiger partial charge in [0.2, 0.25) is 0 Å². The molecule has 0 radical (unpaired) electrons. The van der Waals surface area contributed by atoms with Gasteiger partial charge < -0.3 is 10.1 Å².